The molecule has 1 rings (SSSR count). The molecule has 1 heterocycles. The van der Waals surface area contributed by atoms with Crippen molar-refractivity contribution in [1.82, 2.24) is 25.4 Å². The summed E-state index contributed by atoms with van der Waals surface area (Å²) in [5.41, 5.74) is -0.215. The molecule has 0 unspecified atom stereocenters. The molecular formula is C10H19N5O. The van der Waals surface area contributed by atoms with Crippen molar-refractivity contribution in [3.63, 3.8) is 0 Å². The Kier molecular flexibility index (Phi) is 3.87. The number of hydrogen-bond donors (Lipinski definition) is 2. The van der Waals surface area contributed by atoms with Crippen LogP contribution in [0.25, 0.3) is 0 Å². The molecule has 6 nitrogen and oxygen atoms in total. The van der Waals surface area contributed by atoms with Crippen LogP contribution < -0.4 is 10.6 Å². The predicted molar refractivity (Wildman–Crippen MR) is 61.0 cm³/mol. The van der Waals surface area contributed by atoms with Gasteiger partial charge < -0.3 is 10.6 Å². The van der Waals surface area contributed by atoms with Crippen LogP contribution >= 0.6 is 0 Å². The molecule has 0 spiro atoms. The van der Waals surface area contributed by atoms with Gasteiger partial charge in [-0.25, -0.2) is 9.78 Å². The molecule has 0 aromatic carbocycles. The molecule has 90 valence electrons. The summed E-state index contributed by atoms with van der Waals surface area (Å²) < 4.78 is 1.64. The third-order valence-electron chi connectivity index (χ3n) is 1.77. The number of aryl methyl sites for hydroxylation is 1. The number of nitrogens with one attached hydrogen (secondary N) is 2. The summed E-state index contributed by atoms with van der Waals surface area (Å²) in [7, 11) is 1.82. The molecular weight excluding hydrogens is 206 g/mol. The zero-order valence-electron chi connectivity index (χ0n) is 10.2. The predicted octanol–water partition coefficient (Wildman–Crippen LogP) is 0.455. The van der Waals surface area contributed by atoms with Gasteiger partial charge in [-0.05, 0) is 20.8 Å². The molecule has 0 aliphatic carbocycles. The van der Waals surface area contributed by atoms with Gasteiger partial charge in [0, 0.05) is 25.6 Å². The van der Waals surface area contributed by atoms with E-state index in [4.69, 9.17) is 0 Å². The molecule has 0 atom stereocenters. The first-order chi connectivity index (χ1) is 7.37. The topological polar surface area (TPSA) is 71.8 Å². The molecule has 16 heavy (non-hydrogen) atoms. The third-order valence-corrected chi connectivity index (χ3v) is 1.77. The Labute approximate surface area is 95.4 Å². The van der Waals surface area contributed by atoms with Gasteiger partial charge in [0.05, 0.1) is 0 Å². The summed E-state index contributed by atoms with van der Waals surface area (Å²) in [5, 5.41) is 9.69. The maximum absolute atomic E-state index is 11.4. The van der Waals surface area contributed by atoms with Gasteiger partial charge in [0.25, 0.3) is 0 Å². The quantitative estimate of drug-likeness (QED) is 0.784. The minimum Gasteiger partial charge on any atom is -0.338 e. The Morgan fingerprint density at radius 3 is 2.69 bits per heavy atom. The second-order valence-corrected chi connectivity index (χ2v) is 4.72. The second-order valence-electron chi connectivity index (χ2n) is 4.72. The number of rotatable bonds is 3. The van der Waals surface area contributed by atoms with E-state index in [1.54, 1.807) is 11.0 Å². The first-order valence-electron chi connectivity index (χ1n) is 5.27. The largest absolute Gasteiger partial charge is 0.338 e. The van der Waals surface area contributed by atoms with Crippen LogP contribution in [0, 0.1) is 0 Å². The Hall–Kier alpha value is -1.59. The van der Waals surface area contributed by atoms with E-state index in [0.29, 0.717) is 13.0 Å². The lowest BCUT2D eigenvalue weighted by Crippen LogP contribution is -2.46. The summed E-state index contributed by atoms with van der Waals surface area (Å²) in [4.78, 5) is 15.5. The number of carbonyl (C=O) groups excluding carboxylic acids is 1. The fourth-order valence-corrected chi connectivity index (χ4v) is 1.17. The molecule has 6 heteroatoms. The highest BCUT2D eigenvalue weighted by Crippen LogP contribution is 1.97. The summed E-state index contributed by atoms with van der Waals surface area (Å²) in [6.45, 7) is 6.35. The van der Waals surface area contributed by atoms with Gasteiger partial charge in [0.15, 0.2) is 5.82 Å². The fraction of sp³-hybridized carbons (Fsp3) is 0.700. The zero-order valence-corrected chi connectivity index (χ0v) is 10.2. The monoisotopic (exact) mass is 225 g/mol. The number of carbonyl (C=O) groups is 1. The van der Waals surface area contributed by atoms with Crippen molar-refractivity contribution in [2.75, 3.05) is 6.54 Å². The number of nitrogens with zero attached hydrogens (tertiary/aromatic N) is 3. The van der Waals surface area contributed by atoms with Crippen LogP contribution in [0.15, 0.2) is 6.33 Å². The molecule has 0 bridgehead atoms. The van der Waals surface area contributed by atoms with E-state index in [1.165, 1.54) is 0 Å². The van der Waals surface area contributed by atoms with E-state index >= 15 is 0 Å². The number of hydrogen-bond acceptors (Lipinski definition) is 3. The van der Waals surface area contributed by atoms with Crippen molar-refractivity contribution in [1.29, 1.82) is 0 Å². The lowest BCUT2D eigenvalue weighted by atomic mass is 10.1. The van der Waals surface area contributed by atoms with Crippen LogP contribution in [-0.4, -0.2) is 32.9 Å². The fourth-order valence-electron chi connectivity index (χ4n) is 1.17. The minimum atomic E-state index is -0.215. The average Bonchev–Trinajstić information content (AvgIpc) is 2.48. The van der Waals surface area contributed by atoms with Crippen molar-refractivity contribution >= 4 is 6.03 Å². The van der Waals surface area contributed by atoms with Crippen molar-refractivity contribution in [2.24, 2.45) is 7.05 Å². The first-order valence-corrected chi connectivity index (χ1v) is 5.27. The van der Waals surface area contributed by atoms with Gasteiger partial charge in [-0.2, -0.15) is 5.10 Å². The summed E-state index contributed by atoms with van der Waals surface area (Å²) in [5.74, 6) is 0.735. The van der Waals surface area contributed by atoms with Gasteiger partial charge in [0.1, 0.15) is 6.33 Å². The van der Waals surface area contributed by atoms with E-state index < -0.39 is 0 Å². The van der Waals surface area contributed by atoms with Crippen molar-refractivity contribution in [2.45, 2.75) is 32.7 Å². The second kappa shape index (κ2) is 4.96. The molecule has 0 saturated carbocycles. The molecule has 0 aliphatic heterocycles. The van der Waals surface area contributed by atoms with Crippen LogP contribution in [-0.2, 0) is 13.5 Å². The van der Waals surface area contributed by atoms with Crippen molar-refractivity contribution in [3.05, 3.63) is 12.2 Å². The number of amides is 2. The van der Waals surface area contributed by atoms with Crippen molar-refractivity contribution < 1.29 is 4.79 Å². The SMILES string of the molecule is Cn1cnc(CCNC(=O)NC(C)(C)C)n1. The molecule has 0 radical (unpaired) electrons. The summed E-state index contributed by atoms with van der Waals surface area (Å²) >= 11 is 0. The van der Waals surface area contributed by atoms with Gasteiger partial charge in [-0.1, -0.05) is 0 Å². The molecule has 1 aromatic rings. The highest BCUT2D eigenvalue weighted by molar-refractivity contribution is 5.74. The van der Waals surface area contributed by atoms with Gasteiger partial charge in [0.2, 0.25) is 0 Å². The zero-order chi connectivity index (χ0) is 12.2. The van der Waals surface area contributed by atoms with Gasteiger partial charge >= 0.3 is 6.03 Å². The summed E-state index contributed by atoms with van der Waals surface area (Å²) in [6, 6.07) is -0.163. The van der Waals surface area contributed by atoms with Crippen LogP contribution in [0.1, 0.15) is 26.6 Å². The Bertz CT molecular complexity index is 352. The molecule has 2 amide bonds. The van der Waals surface area contributed by atoms with Crippen LogP contribution in [0.5, 0.6) is 0 Å². The molecule has 2 N–H and O–H groups in total. The van der Waals surface area contributed by atoms with E-state index in [1.807, 2.05) is 27.8 Å². The first kappa shape index (κ1) is 12.5. The lowest BCUT2D eigenvalue weighted by molar-refractivity contribution is 0.232. The highest BCUT2D eigenvalue weighted by Gasteiger charge is 2.12. The third kappa shape index (κ3) is 4.77. The maximum atomic E-state index is 11.4. The van der Waals surface area contributed by atoms with Crippen LogP contribution in [0.4, 0.5) is 4.79 Å². The molecule has 0 saturated heterocycles. The molecule has 1 aromatic heterocycles. The molecule has 0 fully saturated rings. The van der Waals surface area contributed by atoms with E-state index in [2.05, 4.69) is 20.7 Å². The maximum Gasteiger partial charge on any atom is 0.315 e. The van der Waals surface area contributed by atoms with Crippen molar-refractivity contribution in [3.8, 4) is 0 Å². The highest BCUT2D eigenvalue weighted by atomic mass is 16.2. The number of aromatic nitrogens is 3. The summed E-state index contributed by atoms with van der Waals surface area (Å²) in [6.07, 6.45) is 2.28. The number of urea groups is 1. The minimum absolute atomic E-state index is 0.163. The van der Waals surface area contributed by atoms with Gasteiger partial charge in [-0.15, -0.1) is 0 Å². The average molecular weight is 225 g/mol. The van der Waals surface area contributed by atoms with Gasteiger partial charge in [-0.3, -0.25) is 4.68 Å². The Morgan fingerprint density at radius 1 is 1.50 bits per heavy atom. The standard InChI is InChI=1S/C10H19N5O/c1-10(2,3)13-9(16)11-6-5-8-12-7-15(4)14-8/h7H,5-6H2,1-4H3,(H2,11,13,16). The lowest BCUT2D eigenvalue weighted by Gasteiger charge is -2.20. The van der Waals surface area contributed by atoms with E-state index in [9.17, 15) is 4.79 Å². The smallest absolute Gasteiger partial charge is 0.315 e. The van der Waals surface area contributed by atoms with Crippen LogP contribution in [0.2, 0.25) is 0 Å². The van der Waals surface area contributed by atoms with Crippen LogP contribution in [0.3, 0.4) is 0 Å². The van der Waals surface area contributed by atoms with E-state index in [0.717, 1.165) is 5.82 Å². The Balaban J connectivity index is 2.23. The Morgan fingerprint density at radius 2 is 2.19 bits per heavy atom. The normalized spacial score (nSPS) is 11.2. The molecule has 0 aliphatic rings. The van der Waals surface area contributed by atoms with E-state index in [-0.39, 0.29) is 11.6 Å².